The van der Waals surface area contributed by atoms with E-state index in [1.807, 2.05) is 11.0 Å². The summed E-state index contributed by atoms with van der Waals surface area (Å²) in [5.41, 5.74) is 1.60. The van der Waals surface area contributed by atoms with Gasteiger partial charge in [0, 0.05) is 37.7 Å². The minimum atomic E-state index is 0.0473. The third-order valence-electron chi connectivity index (χ3n) is 3.89. The van der Waals surface area contributed by atoms with Crippen LogP contribution in [0.1, 0.15) is 11.1 Å². The number of carbonyl (C=O) groups is 1. The molecule has 20 heavy (non-hydrogen) atoms. The third-order valence-corrected chi connectivity index (χ3v) is 4.24. The summed E-state index contributed by atoms with van der Waals surface area (Å²) in [5, 5.41) is 12.3. The number of piperazine rings is 1. The Morgan fingerprint density at radius 2 is 2.30 bits per heavy atom. The maximum atomic E-state index is 11.5. The number of rotatable bonds is 2. The summed E-state index contributed by atoms with van der Waals surface area (Å²) in [4.78, 5) is 15.7. The van der Waals surface area contributed by atoms with Crippen LogP contribution >= 0.6 is 11.6 Å². The Morgan fingerprint density at radius 1 is 1.45 bits per heavy atom. The number of nitriles is 1. The predicted octanol–water partition coefficient (Wildman–Crippen LogP) is 1.42. The topological polar surface area (TPSA) is 59.4 Å². The van der Waals surface area contributed by atoms with Gasteiger partial charge >= 0.3 is 6.03 Å². The van der Waals surface area contributed by atoms with Crippen molar-refractivity contribution in [2.75, 3.05) is 26.2 Å². The molecule has 2 amide bonds. The number of halogens is 1. The van der Waals surface area contributed by atoms with Crippen LogP contribution < -0.4 is 5.32 Å². The molecule has 2 heterocycles. The van der Waals surface area contributed by atoms with Crippen molar-refractivity contribution in [3.63, 3.8) is 0 Å². The van der Waals surface area contributed by atoms with Crippen LogP contribution in [0.3, 0.4) is 0 Å². The molecule has 2 fully saturated rings. The van der Waals surface area contributed by atoms with E-state index in [0.717, 1.165) is 38.3 Å². The summed E-state index contributed by atoms with van der Waals surface area (Å²) in [6.07, 6.45) is 0. The summed E-state index contributed by atoms with van der Waals surface area (Å²) < 4.78 is 0. The van der Waals surface area contributed by atoms with Crippen molar-refractivity contribution in [2.24, 2.45) is 0 Å². The summed E-state index contributed by atoms with van der Waals surface area (Å²) in [6.45, 7) is 3.93. The number of carbonyl (C=O) groups excluding carboxylic acids is 1. The molecule has 2 saturated heterocycles. The molecule has 5 nitrogen and oxygen atoms in total. The number of hydrogen-bond acceptors (Lipinski definition) is 3. The van der Waals surface area contributed by atoms with Crippen LogP contribution in [0.25, 0.3) is 0 Å². The highest BCUT2D eigenvalue weighted by atomic mass is 35.5. The molecule has 3 rings (SSSR count). The maximum absolute atomic E-state index is 11.5. The van der Waals surface area contributed by atoms with Gasteiger partial charge in [-0.1, -0.05) is 17.7 Å². The summed E-state index contributed by atoms with van der Waals surface area (Å²) in [7, 11) is 0. The van der Waals surface area contributed by atoms with Crippen LogP contribution in [0.2, 0.25) is 5.02 Å². The Balaban J connectivity index is 1.67. The average molecular weight is 291 g/mol. The number of benzene rings is 1. The van der Waals surface area contributed by atoms with E-state index in [-0.39, 0.29) is 12.1 Å². The normalized spacial score (nSPS) is 22.3. The first kappa shape index (κ1) is 13.2. The fraction of sp³-hybridized carbons (Fsp3) is 0.429. The molecule has 0 aliphatic carbocycles. The molecule has 0 aromatic heterocycles. The van der Waals surface area contributed by atoms with E-state index < -0.39 is 0 Å². The zero-order valence-electron chi connectivity index (χ0n) is 11.0. The van der Waals surface area contributed by atoms with Crippen LogP contribution in [0.5, 0.6) is 0 Å². The van der Waals surface area contributed by atoms with Crippen LogP contribution in [-0.2, 0) is 6.54 Å². The lowest BCUT2D eigenvalue weighted by molar-refractivity contribution is 0.116. The van der Waals surface area contributed by atoms with Gasteiger partial charge in [0.25, 0.3) is 0 Å². The number of nitrogens with zero attached hydrogens (tertiary/aromatic N) is 3. The van der Waals surface area contributed by atoms with Gasteiger partial charge in [0.15, 0.2) is 0 Å². The fourth-order valence-corrected chi connectivity index (χ4v) is 3.04. The van der Waals surface area contributed by atoms with Gasteiger partial charge in [-0.15, -0.1) is 0 Å². The molecule has 1 N–H and O–H groups in total. The largest absolute Gasteiger partial charge is 0.336 e. The quantitative estimate of drug-likeness (QED) is 0.896. The standard InChI is InChI=1S/C14H15ClN4O/c15-13-5-10(6-16)1-2-11(13)8-18-3-4-19-12(9-18)7-17-14(19)20/h1-2,5,12H,3-4,7-9H2,(H,17,20). The maximum Gasteiger partial charge on any atom is 0.317 e. The monoisotopic (exact) mass is 290 g/mol. The highest BCUT2D eigenvalue weighted by molar-refractivity contribution is 6.31. The zero-order valence-corrected chi connectivity index (χ0v) is 11.7. The molecule has 1 unspecified atom stereocenters. The molecular weight excluding hydrogens is 276 g/mol. The lowest BCUT2D eigenvalue weighted by atomic mass is 10.1. The molecule has 104 valence electrons. The van der Waals surface area contributed by atoms with E-state index in [1.54, 1.807) is 12.1 Å². The van der Waals surface area contributed by atoms with E-state index in [2.05, 4.69) is 16.3 Å². The lowest BCUT2D eigenvalue weighted by Crippen LogP contribution is -2.51. The molecule has 1 aromatic rings. The summed E-state index contributed by atoms with van der Waals surface area (Å²) >= 11 is 6.21. The SMILES string of the molecule is N#Cc1ccc(CN2CCN3C(=O)NCC3C2)c(Cl)c1. The van der Waals surface area contributed by atoms with Gasteiger partial charge in [-0.2, -0.15) is 5.26 Å². The molecular formula is C14H15ClN4O. The molecule has 0 radical (unpaired) electrons. The Labute approximate surface area is 122 Å². The molecule has 0 bridgehead atoms. The second-order valence-electron chi connectivity index (χ2n) is 5.19. The van der Waals surface area contributed by atoms with Gasteiger partial charge in [-0.3, -0.25) is 4.90 Å². The van der Waals surface area contributed by atoms with Crippen molar-refractivity contribution >= 4 is 17.6 Å². The van der Waals surface area contributed by atoms with Crippen LogP contribution in [0.15, 0.2) is 18.2 Å². The predicted molar refractivity (Wildman–Crippen MR) is 75.3 cm³/mol. The van der Waals surface area contributed by atoms with Gasteiger partial charge < -0.3 is 10.2 Å². The zero-order chi connectivity index (χ0) is 14.1. The molecule has 2 aliphatic heterocycles. The molecule has 2 aliphatic rings. The van der Waals surface area contributed by atoms with Gasteiger partial charge in [0.05, 0.1) is 17.7 Å². The van der Waals surface area contributed by atoms with E-state index in [9.17, 15) is 4.79 Å². The first-order valence-corrected chi connectivity index (χ1v) is 7.00. The van der Waals surface area contributed by atoms with Crippen LogP contribution in [0, 0.1) is 11.3 Å². The summed E-state index contributed by atoms with van der Waals surface area (Å²) in [5.74, 6) is 0. The Bertz CT molecular complexity index is 583. The van der Waals surface area contributed by atoms with E-state index in [1.165, 1.54) is 0 Å². The van der Waals surface area contributed by atoms with Gasteiger partial charge in [0.2, 0.25) is 0 Å². The van der Waals surface area contributed by atoms with Crippen molar-refractivity contribution in [3.8, 4) is 6.07 Å². The van der Waals surface area contributed by atoms with Crippen molar-refractivity contribution in [2.45, 2.75) is 12.6 Å². The Kier molecular flexibility index (Phi) is 3.51. The number of amides is 2. The van der Waals surface area contributed by atoms with Crippen molar-refractivity contribution in [1.29, 1.82) is 5.26 Å². The van der Waals surface area contributed by atoms with E-state index in [4.69, 9.17) is 16.9 Å². The smallest absolute Gasteiger partial charge is 0.317 e. The molecule has 0 saturated carbocycles. The van der Waals surface area contributed by atoms with E-state index >= 15 is 0 Å². The minimum Gasteiger partial charge on any atom is -0.336 e. The average Bonchev–Trinajstić information content (AvgIpc) is 2.82. The van der Waals surface area contributed by atoms with Crippen molar-refractivity contribution in [3.05, 3.63) is 34.3 Å². The minimum absolute atomic E-state index is 0.0473. The molecule has 1 atom stereocenters. The molecule has 6 heteroatoms. The third kappa shape index (κ3) is 2.45. The van der Waals surface area contributed by atoms with Gasteiger partial charge in [0.1, 0.15) is 0 Å². The number of urea groups is 1. The Hall–Kier alpha value is -1.77. The van der Waals surface area contributed by atoms with Crippen LogP contribution in [-0.4, -0.2) is 48.1 Å². The number of nitrogens with one attached hydrogen (secondary N) is 1. The second-order valence-corrected chi connectivity index (χ2v) is 5.59. The van der Waals surface area contributed by atoms with Gasteiger partial charge in [-0.05, 0) is 17.7 Å². The van der Waals surface area contributed by atoms with Crippen molar-refractivity contribution in [1.82, 2.24) is 15.1 Å². The van der Waals surface area contributed by atoms with Crippen LogP contribution in [0.4, 0.5) is 4.79 Å². The van der Waals surface area contributed by atoms with Gasteiger partial charge in [-0.25, -0.2) is 4.79 Å². The first-order chi connectivity index (χ1) is 9.67. The highest BCUT2D eigenvalue weighted by Gasteiger charge is 2.35. The van der Waals surface area contributed by atoms with Crippen molar-refractivity contribution < 1.29 is 4.79 Å². The number of fused-ring (bicyclic) bond motifs is 1. The van der Waals surface area contributed by atoms with E-state index in [0.29, 0.717) is 10.6 Å². The fourth-order valence-electron chi connectivity index (χ4n) is 2.80. The second kappa shape index (κ2) is 5.31. The lowest BCUT2D eigenvalue weighted by Gasteiger charge is -2.36. The summed E-state index contributed by atoms with van der Waals surface area (Å²) in [6, 6.07) is 7.79. The first-order valence-electron chi connectivity index (χ1n) is 6.63. The molecule has 1 aromatic carbocycles. The Morgan fingerprint density at radius 3 is 3.05 bits per heavy atom. The number of hydrogen-bond donors (Lipinski definition) is 1. The molecule has 0 spiro atoms. The highest BCUT2D eigenvalue weighted by Crippen LogP contribution is 2.22.